The van der Waals surface area contributed by atoms with Crippen molar-refractivity contribution in [3.63, 3.8) is 0 Å². The molecule has 11 aliphatic rings. The normalized spacial score (nSPS) is 53.6. The van der Waals surface area contributed by atoms with Gasteiger partial charge in [0.1, 0.15) is 42.4 Å². The molecular formula is C55H86O20. The molecular weight excluding hydrogens is 981 g/mol. The van der Waals surface area contributed by atoms with Crippen molar-refractivity contribution in [1.82, 2.24) is 0 Å². The van der Waals surface area contributed by atoms with Crippen LogP contribution < -0.4 is 0 Å². The van der Waals surface area contributed by atoms with Gasteiger partial charge in [-0.05, 0) is 90.6 Å². The number of fused-ring (bicyclic) bond motifs is 3. The molecule has 0 radical (unpaired) electrons. The molecule has 0 amide bonds. The number of hydrogen-bond acceptors (Lipinski definition) is 20. The summed E-state index contributed by atoms with van der Waals surface area (Å²) in [7, 11) is 6.48. The van der Waals surface area contributed by atoms with Crippen molar-refractivity contribution in [1.29, 1.82) is 0 Å². The van der Waals surface area contributed by atoms with E-state index in [1.807, 2.05) is 27.7 Å². The number of aliphatic hydroxyl groups excluding tert-OH is 3. The van der Waals surface area contributed by atoms with E-state index in [1.54, 1.807) is 35.4 Å². The lowest BCUT2D eigenvalue weighted by Crippen LogP contribution is -2.58. The van der Waals surface area contributed by atoms with E-state index in [0.29, 0.717) is 57.7 Å². The van der Waals surface area contributed by atoms with E-state index >= 15 is 0 Å². The minimum absolute atomic E-state index is 0.0342. The fourth-order valence-electron chi connectivity index (χ4n) is 15.5. The van der Waals surface area contributed by atoms with Crippen molar-refractivity contribution in [2.45, 2.75) is 260 Å². The lowest BCUT2D eigenvalue weighted by Gasteiger charge is -2.53. The van der Waals surface area contributed by atoms with Crippen LogP contribution in [0.5, 0.6) is 0 Å². The topological polar surface area (TPSA) is 218 Å². The standard InChI is InChI=1S/C55H86O20/c1-25-46(58)36(59-8)18-43(65-25)74-50-29(5)68-44(20-38(50)61-10)72-47-26(2)66-41(17-33(47)56)73-48-28(4)69-45(21-39(48)62-11)75-49-27(3)67-42(19-37(49)60-9)70-35-16-30-12-13-31-32(53(30,6)22-34(35)57)14-15-55-24-64-54(7)51(55)40(23-63-54)71-52(31)55/h12,25-29,32-51,56-58H,13-24H2,1-11H3. The molecule has 9 fully saturated rings. The van der Waals surface area contributed by atoms with Crippen LogP contribution in [0.4, 0.5) is 0 Å². The molecule has 1 saturated carbocycles. The van der Waals surface area contributed by atoms with Gasteiger partial charge in [-0.25, -0.2) is 0 Å². The van der Waals surface area contributed by atoms with Gasteiger partial charge in [-0.2, -0.15) is 0 Å². The Morgan fingerprint density at radius 1 is 0.560 bits per heavy atom. The average Bonchev–Trinajstić information content (AvgIpc) is 4.01. The molecule has 0 aromatic rings. The molecule has 8 heterocycles. The Bertz CT molecular complexity index is 2050. The van der Waals surface area contributed by atoms with E-state index in [-0.39, 0.29) is 35.4 Å². The van der Waals surface area contributed by atoms with Gasteiger partial charge >= 0.3 is 0 Å². The molecule has 0 aromatic carbocycles. The summed E-state index contributed by atoms with van der Waals surface area (Å²) in [6.45, 7) is 15.0. The summed E-state index contributed by atoms with van der Waals surface area (Å²) in [4.78, 5) is 0. The molecule has 0 aromatic heterocycles. The summed E-state index contributed by atoms with van der Waals surface area (Å²) >= 11 is 0. The van der Waals surface area contributed by atoms with Gasteiger partial charge in [0.05, 0.1) is 97.8 Å². The largest absolute Gasteiger partial charge is 0.491 e. The maximum absolute atomic E-state index is 11.9. The molecule has 75 heavy (non-hydrogen) atoms. The number of ether oxygens (including phenoxy) is 17. The van der Waals surface area contributed by atoms with Crippen molar-refractivity contribution < 1.29 is 95.8 Å². The number of allylic oxidation sites excluding steroid dienone is 2. The van der Waals surface area contributed by atoms with Crippen LogP contribution in [0.3, 0.4) is 0 Å². The monoisotopic (exact) mass is 1070 g/mol. The smallest absolute Gasteiger partial charge is 0.173 e. The van der Waals surface area contributed by atoms with E-state index in [9.17, 15) is 15.3 Å². The van der Waals surface area contributed by atoms with E-state index < -0.39 is 135 Å². The van der Waals surface area contributed by atoms with Gasteiger partial charge in [0.15, 0.2) is 37.2 Å². The summed E-state index contributed by atoms with van der Waals surface area (Å²) < 4.78 is 107. The Kier molecular flexibility index (Phi) is 16.1. The van der Waals surface area contributed by atoms with Gasteiger partial charge in [0.2, 0.25) is 0 Å². The Balaban J connectivity index is 0.653. The van der Waals surface area contributed by atoms with E-state index in [4.69, 9.17) is 80.5 Å². The number of aliphatic hydroxyl groups is 3. The summed E-state index contributed by atoms with van der Waals surface area (Å²) in [5.41, 5.74) is 2.42. The molecule has 8 saturated heterocycles. The highest BCUT2D eigenvalue weighted by atomic mass is 16.8. The molecule has 11 rings (SSSR count). The van der Waals surface area contributed by atoms with Crippen LogP contribution >= 0.6 is 0 Å². The number of methoxy groups -OCH3 is 4. The van der Waals surface area contributed by atoms with Crippen molar-refractivity contribution in [3.05, 3.63) is 23.0 Å². The Hall–Kier alpha value is -1.48. The molecule has 0 bridgehead atoms. The second-order valence-electron chi connectivity index (χ2n) is 23.9. The molecule has 28 unspecified atom stereocenters. The number of hydrogen-bond donors (Lipinski definition) is 3. The second-order valence-corrected chi connectivity index (χ2v) is 23.9. The fraction of sp³-hybridized carbons (Fsp3) is 0.927. The second kappa shape index (κ2) is 21.8. The van der Waals surface area contributed by atoms with Crippen LogP contribution in [0.2, 0.25) is 0 Å². The third-order valence-electron chi connectivity index (χ3n) is 19.5. The van der Waals surface area contributed by atoms with Crippen LogP contribution in [-0.2, 0) is 80.5 Å². The van der Waals surface area contributed by atoms with Crippen molar-refractivity contribution in [2.75, 3.05) is 41.7 Å². The minimum atomic E-state index is -0.930. The lowest BCUT2D eigenvalue weighted by atomic mass is 9.52. The molecule has 3 N–H and O–H groups in total. The highest BCUT2D eigenvalue weighted by molar-refractivity contribution is 5.41. The number of rotatable bonds is 14. The van der Waals surface area contributed by atoms with Crippen LogP contribution in [0.25, 0.3) is 0 Å². The van der Waals surface area contributed by atoms with Crippen molar-refractivity contribution in [3.8, 4) is 0 Å². The zero-order chi connectivity index (χ0) is 52.9. The molecule has 426 valence electrons. The SMILES string of the molecule is COC1CC(OC2C(C)OC(OC3C(O)CC(OC4C(C)OC(OC5C(C)OC(OC6CC7=CCC8=C9OC%10COC%11(C)OCC9(CCC8C7(C)CC6O)C%10%11)CC5OC)CC4OC)OC3C)CC2OC)OC(C)C1O. The maximum Gasteiger partial charge on any atom is 0.173 e. The summed E-state index contributed by atoms with van der Waals surface area (Å²) in [6, 6.07) is 0. The Labute approximate surface area is 441 Å². The highest BCUT2D eigenvalue weighted by Gasteiger charge is 2.72. The van der Waals surface area contributed by atoms with Crippen molar-refractivity contribution >= 4 is 0 Å². The van der Waals surface area contributed by atoms with Crippen LogP contribution in [0, 0.1) is 22.7 Å². The fourth-order valence-corrected chi connectivity index (χ4v) is 15.5. The predicted molar refractivity (Wildman–Crippen MR) is 261 cm³/mol. The third kappa shape index (κ3) is 10.0. The van der Waals surface area contributed by atoms with E-state index in [0.717, 1.165) is 25.0 Å². The van der Waals surface area contributed by atoms with E-state index in [2.05, 4.69) is 19.9 Å². The predicted octanol–water partition coefficient (Wildman–Crippen LogP) is 4.30. The van der Waals surface area contributed by atoms with Crippen molar-refractivity contribution in [2.24, 2.45) is 22.7 Å². The van der Waals surface area contributed by atoms with E-state index in [1.165, 1.54) is 11.1 Å². The Morgan fingerprint density at radius 3 is 1.60 bits per heavy atom. The van der Waals surface area contributed by atoms with Crippen LogP contribution in [0.1, 0.15) is 113 Å². The first kappa shape index (κ1) is 55.4. The average molecular weight is 1070 g/mol. The first-order valence-corrected chi connectivity index (χ1v) is 28.0. The van der Waals surface area contributed by atoms with Gasteiger partial charge in [0.25, 0.3) is 0 Å². The van der Waals surface area contributed by atoms with Gasteiger partial charge in [-0.3, -0.25) is 0 Å². The lowest BCUT2D eigenvalue weighted by molar-refractivity contribution is -0.351. The van der Waals surface area contributed by atoms with Gasteiger partial charge < -0.3 is 95.8 Å². The maximum atomic E-state index is 11.9. The van der Waals surface area contributed by atoms with Crippen LogP contribution in [-0.4, -0.2) is 204 Å². The molecule has 20 nitrogen and oxygen atoms in total. The van der Waals surface area contributed by atoms with Gasteiger partial charge in [0, 0.05) is 60.5 Å². The zero-order valence-corrected chi connectivity index (χ0v) is 45.8. The first-order chi connectivity index (χ1) is 35.9. The van der Waals surface area contributed by atoms with Gasteiger partial charge in [-0.15, -0.1) is 0 Å². The molecule has 20 heteroatoms. The summed E-state index contributed by atoms with van der Waals surface area (Å²) in [5, 5.41) is 33.8. The molecule has 8 aliphatic heterocycles. The molecule has 1 spiro atoms. The third-order valence-corrected chi connectivity index (χ3v) is 19.5. The Morgan fingerprint density at radius 2 is 1.05 bits per heavy atom. The zero-order valence-electron chi connectivity index (χ0n) is 45.8. The minimum Gasteiger partial charge on any atom is -0.491 e. The summed E-state index contributed by atoms with van der Waals surface area (Å²) in [5.74, 6) is 1.09. The van der Waals surface area contributed by atoms with Gasteiger partial charge in [-0.1, -0.05) is 18.6 Å². The highest BCUT2D eigenvalue weighted by Crippen LogP contribution is 2.69. The van der Waals surface area contributed by atoms with Crippen LogP contribution in [0.15, 0.2) is 23.0 Å². The summed E-state index contributed by atoms with van der Waals surface area (Å²) in [6.07, 6.45) is -4.16. The molecule has 3 aliphatic carbocycles. The quantitative estimate of drug-likeness (QED) is 0.207. The first-order valence-electron chi connectivity index (χ1n) is 28.0. The molecule has 28 atom stereocenters.